The largest absolute Gasteiger partial charge is 0.374 e. The maximum atomic E-state index is 13.4. The van der Waals surface area contributed by atoms with Crippen molar-refractivity contribution in [3.05, 3.63) is 46.1 Å². The second-order valence-electron chi connectivity index (χ2n) is 10.6. The quantitative estimate of drug-likeness (QED) is 0.307. The van der Waals surface area contributed by atoms with Gasteiger partial charge in [0.15, 0.2) is 0 Å². The zero-order chi connectivity index (χ0) is 25.7. The zero-order valence-electron chi connectivity index (χ0n) is 21.2. The number of anilines is 3. The number of benzene rings is 1. The number of nitrogens with one attached hydrogen (secondary N) is 4. The van der Waals surface area contributed by atoms with Crippen LogP contribution in [0.15, 0.2) is 29.4 Å². The molecule has 0 radical (unpaired) electrons. The van der Waals surface area contributed by atoms with E-state index in [1.165, 1.54) is 24.0 Å². The molecule has 196 valence electrons. The van der Waals surface area contributed by atoms with Crippen molar-refractivity contribution in [3.63, 3.8) is 0 Å². The van der Waals surface area contributed by atoms with Crippen LogP contribution in [0.2, 0.25) is 0 Å². The molecule has 1 unspecified atom stereocenters. The van der Waals surface area contributed by atoms with Gasteiger partial charge >= 0.3 is 0 Å². The molecule has 3 aliphatic carbocycles. The molecule has 0 spiro atoms. The van der Waals surface area contributed by atoms with E-state index in [1.807, 2.05) is 19.1 Å². The highest BCUT2D eigenvalue weighted by Gasteiger charge is 2.33. The fourth-order valence-corrected chi connectivity index (χ4v) is 7.45. The van der Waals surface area contributed by atoms with Crippen LogP contribution in [0.4, 0.5) is 16.6 Å². The first-order valence-corrected chi connectivity index (χ1v) is 15.8. The molecule has 2 aromatic heterocycles. The lowest BCUT2D eigenvalue weighted by Crippen LogP contribution is -2.28. The van der Waals surface area contributed by atoms with Crippen LogP contribution in [-0.2, 0) is 22.6 Å². The summed E-state index contributed by atoms with van der Waals surface area (Å²) in [7, 11) is -2.85. The fourth-order valence-electron chi connectivity index (χ4n) is 5.10. The minimum atomic E-state index is -2.85. The molecule has 1 amide bonds. The lowest BCUT2D eigenvalue weighted by molar-refractivity contribution is 0.0951. The summed E-state index contributed by atoms with van der Waals surface area (Å²) in [4.78, 5) is 15.2. The van der Waals surface area contributed by atoms with E-state index in [2.05, 4.69) is 30.7 Å². The molecule has 2 atom stereocenters. The third-order valence-corrected chi connectivity index (χ3v) is 10.0. The minimum absolute atomic E-state index is 0.0429. The molecular weight excluding hydrogens is 506 g/mol. The van der Waals surface area contributed by atoms with Crippen LogP contribution in [0.5, 0.6) is 0 Å². The number of aryl methyl sites for hydroxylation is 1. The second kappa shape index (κ2) is 9.43. The molecule has 2 fully saturated rings. The Morgan fingerprint density at radius 3 is 2.78 bits per heavy atom. The van der Waals surface area contributed by atoms with Crippen molar-refractivity contribution in [2.75, 3.05) is 23.4 Å². The molecule has 6 rings (SSSR count). The van der Waals surface area contributed by atoms with Crippen LogP contribution in [-0.4, -0.2) is 43.7 Å². The molecule has 4 N–H and O–H groups in total. The van der Waals surface area contributed by atoms with E-state index in [0.717, 1.165) is 66.0 Å². The molecule has 0 bridgehead atoms. The Labute approximate surface area is 221 Å². The Morgan fingerprint density at radius 1 is 1.24 bits per heavy atom. The molecule has 3 aromatic rings. The monoisotopic (exact) mass is 539 g/mol. The number of carbonyl (C=O) groups excluding carboxylic acids is 1. The molecule has 0 aliphatic heterocycles. The Bertz CT molecular complexity index is 1450. The molecule has 2 saturated carbocycles. The van der Waals surface area contributed by atoms with Crippen molar-refractivity contribution >= 4 is 43.6 Å². The summed E-state index contributed by atoms with van der Waals surface area (Å²) < 4.78 is 22.5. The van der Waals surface area contributed by atoms with E-state index in [4.69, 9.17) is 4.78 Å². The molecule has 2 heterocycles. The number of amides is 1. The van der Waals surface area contributed by atoms with Crippen LogP contribution in [0.1, 0.15) is 64.5 Å². The zero-order valence-corrected chi connectivity index (χ0v) is 22.8. The van der Waals surface area contributed by atoms with E-state index in [1.54, 1.807) is 23.7 Å². The van der Waals surface area contributed by atoms with Gasteiger partial charge in [-0.1, -0.05) is 6.07 Å². The normalized spacial score (nSPS) is 20.6. The number of carbonyl (C=O) groups is 1. The van der Waals surface area contributed by atoms with Crippen LogP contribution in [0, 0.1) is 17.6 Å². The van der Waals surface area contributed by atoms with Gasteiger partial charge in [-0.05, 0) is 81.0 Å². The lowest BCUT2D eigenvalue weighted by atomic mass is 9.91. The first-order valence-electron chi connectivity index (χ1n) is 13.0. The van der Waals surface area contributed by atoms with E-state index >= 15 is 0 Å². The number of hydrogen-bond donors (Lipinski definition) is 4. The number of nitrogens with zero attached hydrogens (tertiary/aromatic N) is 3. The standard InChI is InChI=1S/C26H33N7O2S2/c1-15-20(4-3-5-22(15)37(2,27)35)31-26-32-29-14-33(26)18-10-11-21-19(12-18)23(24(34)28-13-16-6-7-16)25(36-21)30-17-8-9-17/h3-5,14,16-18,27,30H,6-13H2,1-2H3,(H,28,34)(H,31,32)/t18-,37?/m0/s1. The Kier molecular flexibility index (Phi) is 6.22. The minimum Gasteiger partial charge on any atom is -0.374 e. The van der Waals surface area contributed by atoms with Crippen molar-refractivity contribution in [1.29, 1.82) is 4.78 Å². The van der Waals surface area contributed by atoms with Gasteiger partial charge in [0.05, 0.1) is 20.2 Å². The summed E-state index contributed by atoms with van der Waals surface area (Å²) in [5, 5.41) is 19.7. The molecule has 1 aromatic carbocycles. The fraction of sp³-hybridized carbons (Fsp3) is 0.500. The summed E-state index contributed by atoms with van der Waals surface area (Å²) in [6.45, 7) is 2.63. The van der Waals surface area contributed by atoms with Crippen LogP contribution >= 0.6 is 11.3 Å². The van der Waals surface area contributed by atoms with Crippen molar-refractivity contribution in [3.8, 4) is 0 Å². The average molecular weight is 540 g/mol. The third-order valence-electron chi connectivity index (χ3n) is 7.54. The molecular formula is C26H33N7O2S2. The molecule has 11 heteroatoms. The number of hydrogen-bond acceptors (Lipinski definition) is 8. The third kappa shape index (κ3) is 5.11. The van der Waals surface area contributed by atoms with E-state index in [9.17, 15) is 9.00 Å². The highest BCUT2D eigenvalue weighted by atomic mass is 32.2. The van der Waals surface area contributed by atoms with Crippen LogP contribution in [0.25, 0.3) is 0 Å². The summed E-state index contributed by atoms with van der Waals surface area (Å²) in [5.41, 5.74) is 3.51. The van der Waals surface area contributed by atoms with Gasteiger partial charge in [-0.25, -0.2) is 8.99 Å². The van der Waals surface area contributed by atoms with Gasteiger partial charge in [-0.15, -0.1) is 21.5 Å². The highest BCUT2D eigenvalue weighted by Crippen LogP contribution is 2.43. The number of aromatic nitrogens is 3. The molecule has 37 heavy (non-hydrogen) atoms. The average Bonchev–Trinajstić information content (AvgIpc) is 3.77. The van der Waals surface area contributed by atoms with Gasteiger partial charge in [0.2, 0.25) is 5.95 Å². The predicted octanol–water partition coefficient (Wildman–Crippen LogP) is 4.87. The Balaban J connectivity index is 1.27. The molecule has 9 nitrogen and oxygen atoms in total. The lowest BCUT2D eigenvalue weighted by Gasteiger charge is -2.25. The topological polar surface area (TPSA) is 125 Å². The van der Waals surface area contributed by atoms with Crippen molar-refractivity contribution in [2.45, 2.75) is 68.8 Å². The first kappa shape index (κ1) is 24.4. The summed E-state index contributed by atoms with van der Waals surface area (Å²) in [6, 6.07) is 6.04. The van der Waals surface area contributed by atoms with Gasteiger partial charge < -0.3 is 16.0 Å². The van der Waals surface area contributed by atoms with Gasteiger partial charge in [0.1, 0.15) is 11.3 Å². The van der Waals surface area contributed by atoms with Gasteiger partial charge in [0, 0.05) is 35.4 Å². The van der Waals surface area contributed by atoms with Crippen molar-refractivity contribution in [1.82, 2.24) is 20.1 Å². The molecule has 3 aliphatic rings. The molecule has 0 saturated heterocycles. The summed E-state index contributed by atoms with van der Waals surface area (Å²) in [6.07, 6.45) is 10.5. The Hall–Kier alpha value is -2.92. The maximum Gasteiger partial charge on any atom is 0.254 e. The van der Waals surface area contributed by atoms with E-state index in [-0.39, 0.29) is 11.9 Å². The number of fused-ring (bicyclic) bond motifs is 1. The predicted molar refractivity (Wildman–Crippen MR) is 147 cm³/mol. The second-order valence-corrected chi connectivity index (χ2v) is 13.9. The summed E-state index contributed by atoms with van der Waals surface area (Å²) >= 11 is 1.75. The van der Waals surface area contributed by atoms with E-state index in [0.29, 0.717) is 22.8 Å². The van der Waals surface area contributed by atoms with Crippen LogP contribution < -0.4 is 16.0 Å². The first-order chi connectivity index (χ1) is 17.8. The van der Waals surface area contributed by atoms with Crippen molar-refractivity contribution in [2.24, 2.45) is 5.92 Å². The van der Waals surface area contributed by atoms with Gasteiger partial charge in [-0.3, -0.25) is 9.36 Å². The Morgan fingerprint density at radius 2 is 2.05 bits per heavy atom. The van der Waals surface area contributed by atoms with Gasteiger partial charge in [-0.2, -0.15) is 0 Å². The van der Waals surface area contributed by atoms with E-state index < -0.39 is 9.73 Å². The van der Waals surface area contributed by atoms with Crippen LogP contribution in [0.3, 0.4) is 0 Å². The maximum absolute atomic E-state index is 13.4. The highest BCUT2D eigenvalue weighted by molar-refractivity contribution is 7.91. The number of rotatable bonds is 9. The number of thiophene rings is 1. The smallest absolute Gasteiger partial charge is 0.254 e. The van der Waals surface area contributed by atoms with Gasteiger partial charge in [0.25, 0.3) is 5.91 Å². The SMILES string of the molecule is Cc1c(Nc2nncn2[C@H]2CCc3sc(NC4CC4)c(C(=O)NCC4CC4)c3C2)cccc1S(C)(=N)=O. The summed E-state index contributed by atoms with van der Waals surface area (Å²) in [5.74, 6) is 1.28. The van der Waals surface area contributed by atoms with Crippen molar-refractivity contribution < 1.29 is 9.00 Å².